The monoisotopic (exact) mass is 358 g/mol. The smallest absolute Gasteiger partial charge is 0.255 e. The first-order chi connectivity index (χ1) is 13.2. The Bertz CT molecular complexity index is 1070. The molecule has 27 heavy (non-hydrogen) atoms. The third-order valence-corrected chi connectivity index (χ3v) is 4.06. The van der Waals surface area contributed by atoms with Gasteiger partial charge in [0.2, 0.25) is 0 Å². The average molecular weight is 358 g/mol. The van der Waals surface area contributed by atoms with Crippen LogP contribution in [0.15, 0.2) is 72.9 Å². The van der Waals surface area contributed by atoms with E-state index in [4.69, 9.17) is 4.74 Å². The van der Waals surface area contributed by atoms with Crippen LogP contribution in [-0.4, -0.2) is 20.5 Å². The van der Waals surface area contributed by atoms with Crippen molar-refractivity contribution < 1.29 is 9.53 Å². The van der Waals surface area contributed by atoms with E-state index in [9.17, 15) is 4.79 Å². The van der Waals surface area contributed by atoms with Crippen LogP contribution in [-0.2, 0) is 6.61 Å². The molecule has 0 spiro atoms. The Morgan fingerprint density at radius 1 is 1.04 bits per heavy atom. The molecular formula is C21H18N4O2. The molecular weight excluding hydrogens is 340 g/mol. The van der Waals surface area contributed by atoms with E-state index in [2.05, 4.69) is 15.4 Å². The number of nitrogens with zero attached hydrogens (tertiary/aromatic N) is 3. The largest absolute Gasteiger partial charge is 0.489 e. The third-order valence-electron chi connectivity index (χ3n) is 4.06. The van der Waals surface area contributed by atoms with E-state index in [1.165, 1.54) is 0 Å². The second kappa shape index (κ2) is 7.29. The van der Waals surface area contributed by atoms with E-state index in [1.54, 1.807) is 41.0 Å². The molecule has 2 aromatic carbocycles. The van der Waals surface area contributed by atoms with Crippen LogP contribution < -0.4 is 10.1 Å². The van der Waals surface area contributed by atoms with E-state index in [0.29, 0.717) is 23.7 Å². The van der Waals surface area contributed by atoms with E-state index in [0.717, 1.165) is 17.0 Å². The SMILES string of the molecule is Cc1nc2ccc(NC(=O)c3ccc(OCc4ccccc4)cc3)cn2n1. The fraction of sp³-hybridized carbons (Fsp3) is 0.0952. The molecule has 2 heterocycles. The number of fused-ring (bicyclic) bond motifs is 1. The number of anilines is 1. The van der Waals surface area contributed by atoms with Crippen LogP contribution in [0.5, 0.6) is 5.75 Å². The molecule has 0 saturated carbocycles. The Kier molecular flexibility index (Phi) is 4.53. The minimum absolute atomic E-state index is 0.194. The lowest BCUT2D eigenvalue weighted by molar-refractivity contribution is 0.102. The first-order valence-electron chi connectivity index (χ1n) is 8.58. The molecule has 0 fully saturated rings. The molecule has 0 unspecified atom stereocenters. The fourth-order valence-corrected chi connectivity index (χ4v) is 2.71. The Morgan fingerprint density at radius 3 is 2.59 bits per heavy atom. The Labute approximate surface area is 156 Å². The topological polar surface area (TPSA) is 68.5 Å². The van der Waals surface area contributed by atoms with E-state index in [-0.39, 0.29) is 5.91 Å². The highest BCUT2D eigenvalue weighted by atomic mass is 16.5. The number of hydrogen-bond acceptors (Lipinski definition) is 4. The van der Waals surface area contributed by atoms with Crippen LogP contribution in [0.3, 0.4) is 0 Å². The number of aromatic nitrogens is 3. The number of rotatable bonds is 5. The summed E-state index contributed by atoms with van der Waals surface area (Å²) in [5.41, 5.74) is 3.04. The lowest BCUT2D eigenvalue weighted by Crippen LogP contribution is -2.12. The van der Waals surface area contributed by atoms with Crippen molar-refractivity contribution in [2.24, 2.45) is 0 Å². The molecule has 1 amide bonds. The fourth-order valence-electron chi connectivity index (χ4n) is 2.71. The summed E-state index contributed by atoms with van der Waals surface area (Å²) in [7, 11) is 0. The van der Waals surface area contributed by atoms with Crippen molar-refractivity contribution in [2.45, 2.75) is 13.5 Å². The summed E-state index contributed by atoms with van der Waals surface area (Å²) in [5, 5.41) is 7.12. The lowest BCUT2D eigenvalue weighted by atomic mass is 10.2. The standard InChI is InChI=1S/C21H18N4O2/c1-15-22-20-12-9-18(13-25(20)24-15)23-21(26)17-7-10-19(11-8-17)27-14-16-5-3-2-4-6-16/h2-13H,14H2,1H3,(H,23,26). The van der Waals surface area contributed by atoms with Gasteiger partial charge in [0.1, 0.15) is 18.2 Å². The summed E-state index contributed by atoms with van der Waals surface area (Å²) < 4.78 is 7.39. The van der Waals surface area contributed by atoms with Gasteiger partial charge < -0.3 is 10.1 Å². The second-order valence-electron chi connectivity index (χ2n) is 6.13. The van der Waals surface area contributed by atoms with Crippen molar-refractivity contribution in [3.05, 3.63) is 89.9 Å². The average Bonchev–Trinajstić information content (AvgIpc) is 3.07. The van der Waals surface area contributed by atoms with E-state index in [1.807, 2.05) is 43.3 Å². The van der Waals surface area contributed by atoms with Crippen LogP contribution in [0.4, 0.5) is 5.69 Å². The normalized spacial score (nSPS) is 10.7. The van der Waals surface area contributed by atoms with Crippen LogP contribution in [0.1, 0.15) is 21.7 Å². The molecule has 6 heteroatoms. The zero-order valence-corrected chi connectivity index (χ0v) is 14.8. The van der Waals surface area contributed by atoms with Crippen molar-refractivity contribution in [3.8, 4) is 5.75 Å². The number of nitrogens with one attached hydrogen (secondary N) is 1. The Hall–Kier alpha value is -3.67. The molecule has 1 N–H and O–H groups in total. The van der Waals surface area contributed by atoms with Gasteiger partial charge in [0.25, 0.3) is 5.91 Å². The highest BCUT2D eigenvalue weighted by Crippen LogP contribution is 2.16. The molecule has 0 radical (unpaired) electrons. The maximum Gasteiger partial charge on any atom is 0.255 e. The Balaban J connectivity index is 1.40. The summed E-state index contributed by atoms with van der Waals surface area (Å²) in [6.45, 7) is 2.32. The molecule has 0 atom stereocenters. The van der Waals surface area contributed by atoms with Crippen molar-refractivity contribution >= 4 is 17.2 Å². The molecule has 0 aliphatic carbocycles. The van der Waals surface area contributed by atoms with Gasteiger partial charge in [-0.15, -0.1) is 0 Å². The Morgan fingerprint density at radius 2 is 1.81 bits per heavy atom. The zero-order valence-electron chi connectivity index (χ0n) is 14.8. The minimum Gasteiger partial charge on any atom is -0.489 e. The molecule has 134 valence electrons. The van der Waals surface area contributed by atoms with Gasteiger partial charge in [-0.2, -0.15) is 5.10 Å². The predicted molar refractivity (Wildman–Crippen MR) is 103 cm³/mol. The van der Waals surface area contributed by atoms with Gasteiger partial charge >= 0.3 is 0 Å². The second-order valence-corrected chi connectivity index (χ2v) is 6.13. The molecule has 0 aliphatic rings. The van der Waals surface area contributed by atoms with Gasteiger partial charge in [0.15, 0.2) is 5.65 Å². The molecule has 6 nitrogen and oxygen atoms in total. The molecule has 0 aliphatic heterocycles. The minimum atomic E-state index is -0.194. The number of carbonyl (C=O) groups is 1. The quantitative estimate of drug-likeness (QED) is 0.588. The number of amides is 1. The number of hydrogen-bond donors (Lipinski definition) is 1. The van der Waals surface area contributed by atoms with Crippen LogP contribution in [0, 0.1) is 6.92 Å². The highest BCUT2D eigenvalue weighted by molar-refractivity contribution is 6.04. The number of benzene rings is 2. The van der Waals surface area contributed by atoms with E-state index < -0.39 is 0 Å². The van der Waals surface area contributed by atoms with Gasteiger partial charge in [-0.25, -0.2) is 9.50 Å². The maximum atomic E-state index is 12.4. The number of ether oxygens (including phenoxy) is 1. The third kappa shape index (κ3) is 3.95. The summed E-state index contributed by atoms with van der Waals surface area (Å²) in [6.07, 6.45) is 1.74. The molecule has 0 bridgehead atoms. The lowest BCUT2D eigenvalue weighted by Gasteiger charge is -2.08. The van der Waals surface area contributed by atoms with Gasteiger partial charge in [-0.3, -0.25) is 4.79 Å². The molecule has 4 aromatic rings. The van der Waals surface area contributed by atoms with Gasteiger partial charge in [0.05, 0.1) is 11.9 Å². The number of aryl methyl sites for hydroxylation is 1. The summed E-state index contributed by atoms with van der Waals surface area (Å²) in [6, 6.07) is 20.6. The van der Waals surface area contributed by atoms with Gasteiger partial charge in [-0.1, -0.05) is 30.3 Å². The first-order valence-corrected chi connectivity index (χ1v) is 8.58. The molecule has 4 rings (SSSR count). The summed E-state index contributed by atoms with van der Waals surface area (Å²) in [5.74, 6) is 1.21. The predicted octanol–water partition coefficient (Wildman–Crippen LogP) is 3.87. The first kappa shape index (κ1) is 16.8. The van der Waals surface area contributed by atoms with Gasteiger partial charge in [-0.05, 0) is 48.9 Å². The van der Waals surface area contributed by atoms with E-state index >= 15 is 0 Å². The van der Waals surface area contributed by atoms with Crippen molar-refractivity contribution in [1.29, 1.82) is 0 Å². The van der Waals surface area contributed by atoms with Crippen molar-refractivity contribution in [2.75, 3.05) is 5.32 Å². The number of carbonyl (C=O) groups excluding carboxylic acids is 1. The summed E-state index contributed by atoms with van der Waals surface area (Å²) >= 11 is 0. The van der Waals surface area contributed by atoms with Crippen LogP contribution in [0.2, 0.25) is 0 Å². The zero-order chi connectivity index (χ0) is 18.6. The van der Waals surface area contributed by atoms with Crippen molar-refractivity contribution in [3.63, 3.8) is 0 Å². The molecule has 0 saturated heterocycles. The number of pyridine rings is 1. The van der Waals surface area contributed by atoms with Crippen molar-refractivity contribution in [1.82, 2.24) is 14.6 Å². The van der Waals surface area contributed by atoms with Crippen LogP contribution in [0.25, 0.3) is 5.65 Å². The van der Waals surface area contributed by atoms with Crippen LogP contribution >= 0.6 is 0 Å². The maximum absolute atomic E-state index is 12.4. The molecule has 2 aromatic heterocycles. The van der Waals surface area contributed by atoms with Gasteiger partial charge in [0, 0.05) is 5.56 Å². The summed E-state index contributed by atoms with van der Waals surface area (Å²) in [4.78, 5) is 16.7. The highest BCUT2D eigenvalue weighted by Gasteiger charge is 2.08.